The van der Waals surface area contributed by atoms with Gasteiger partial charge in [-0.1, -0.05) is 12.1 Å². The second-order valence-corrected chi connectivity index (χ2v) is 6.50. The van der Waals surface area contributed by atoms with Crippen molar-refractivity contribution in [1.82, 2.24) is 4.90 Å². The number of carbonyl (C=O) groups excluding carboxylic acids is 1. The maximum Gasteiger partial charge on any atom is 0.409 e. The molecule has 1 N–H and O–H groups in total. The molecule has 2 aromatic carbocycles. The average molecular weight is 382 g/mol. The van der Waals surface area contributed by atoms with Gasteiger partial charge in [-0.3, -0.25) is 0 Å². The Labute approximate surface area is 164 Å². The van der Waals surface area contributed by atoms with Crippen molar-refractivity contribution in [2.45, 2.75) is 13.5 Å². The molecule has 146 valence electrons. The van der Waals surface area contributed by atoms with Gasteiger partial charge in [0.1, 0.15) is 11.9 Å². The molecule has 1 heterocycles. The number of halogens is 1. The van der Waals surface area contributed by atoms with Crippen molar-refractivity contribution in [3.8, 4) is 6.07 Å². The number of nitrogens with zero attached hydrogens (tertiary/aromatic N) is 3. The second kappa shape index (κ2) is 9.09. The molecule has 0 unspecified atom stereocenters. The summed E-state index contributed by atoms with van der Waals surface area (Å²) in [5.41, 5.74) is 3.22. The van der Waals surface area contributed by atoms with E-state index in [0.29, 0.717) is 44.9 Å². The second-order valence-electron chi connectivity index (χ2n) is 6.50. The highest BCUT2D eigenvalue weighted by molar-refractivity contribution is 5.69. The van der Waals surface area contributed by atoms with Crippen LogP contribution in [0.3, 0.4) is 0 Å². The molecule has 0 bridgehead atoms. The van der Waals surface area contributed by atoms with E-state index < -0.39 is 0 Å². The van der Waals surface area contributed by atoms with Crippen LogP contribution < -0.4 is 10.2 Å². The lowest BCUT2D eigenvalue weighted by molar-refractivity contribution is 0.105. The van der Waals surface area contributed by atoms with Crippen LogP contribution >= 0.6 is 0 Å². The number of carbonyl (C=O) groups is 1. The van der Waals surface area contributed by atoms with Crippen LogP contribution in [0.5, 0.6) is 0 Å². The van der Waals surface area contributed by atoms with E-state index in [-0.39, 0.29) is 11.9 Å². The molecule has 1 aliphatic heterocycles. The van der Waals surface area contributed by atoms with Crippen LogP contribution in [0.4, 0.5) is 20.6 Å². The lowest BCUT2D eigenvalue weighted by Gasteiger charge is -2.35. The van der Waals surface area contributed by atoms with Crippen molar-refractivity contribution in [3.05, 3.63) is 59.4 Å². The Kier molecular flexibility index (Phi) is 6.33. The summed E-state index contributed by atoms with van der Waals surface area (Å²) in [5, 5.41) is 12.8. The Hall–Kier alpha value is -3.27. The Morgan fingerprint density at radius 3 is 2.54 bits per heavy atom. The minimum atomic E-state index is -0.289. The first-order valence-electron chi connectivity index (χ1n) is 9.30. The molecule has 1 fully saturated rings. The van der Waals surface area contributed by atoms with Gasteiger partial charge in [0.15, 0.2) is 0 Å². The molecule has 6 nitrogen and oxygen atoms in total. The molecule has 0 aromatic heterocycles. The molecule has 28 heavy (non-hydrogen) atoms. The summed E-state index contributed by atoms with van der Waals surface area (Å²) in [7, 11) is 0. The Morgan fingerprint density at radius 1 is 1.18 bits per heavy atom. The van der Waals surface area contributed by atoms with Crippen LogP contribution in [-0.4, -0.2) is 43.8 Å². The number of amides is 1. The lowest BCUT2D eigenvalue weighted by Crippen LogP contribution is -2.49. The smallest absolute Gasteiger partial charge is 0.409 e. The van der Waals surface area contributed by atoms with Gasteiger partial charge in [-0.2, -0.15) is 5.26 Å². The molecular weight excluding hydrogens is 359 g/mol. The largest absolute Gasteiger partial charge is 0.450 e. The summed E-state index contributed by atoms with van der Waals surface area (Å²) in [5.74, 6) is -0.261. The number of ether oxygens (including phenoxy) is 1. The van der Waals surface area contributed by atoms with Crippen molar-refractivity contribution in [3.63, 3.8) is 0 Å². The topological polar surface area (TPSA) is 68.6 Å². The van der Waals surface area contributed by atoms with Crippen LogP contribution in [-0.2, 0) is 11.3 Å². The van der Waals surface area contributed by atoms with E-state index in [0.717, 1.165) is 16.9 Å². The molecule has 3 rings (SSSR count). The standard InChI is InChI=1S/C21H23FN4O2/c1-2-28-21(27)26-11-9-25(10-12-26)20-8-7-19(13-17(20)14-23)24-15-16-3-5-18(22)6-4-16/h3-8,13,24H,2,9-12,15H2,1H3. The molecule has 0 atom stereocenters. The summed E-state index contributed by atoms with van der Waals surface area (Å²) in [6.07, 6.45) is -0.289. The normalized spacial score (nSPS) is 13.8. The monoisotopic (exact) mass is 382 g/mol. The molecule has 1 saturated heterocycles. The van der Waals surface area contributed by atoms with E-state index >= 15 is 0 Å². The summed E-state index contributed by atoms with van der Waals surface area (Å²) >= 11 is 0. The molecule has 1 aliphatic rings. The highest BCUT2D eigenvalue weighted by atomic mass is 19.1. The van der Waals surface area contributed by atoms with E-state index in [1.807, 2.05) is 18.2 Å². The van der Waals surface area contributed by atoms with E-state index in [1.54, 1.807) is 24.0 Å². The van der Waals surface area contributed by atoms with Gasteiger partial charge in [0.05, 0.1) is 17.9 Å². The van der Waals surface area contributed by atoms with Gasteiger partial charge >= 0.3 is 6.09 Å². The van der Waals surface area contributed by atoms with Crippen LogP contribution in [0.25, 0.3) is 0 Å². The summed E-state index contributed by atoms with van der Waals surface area (Å²) < 4.78 is 18.0. The van der Waals surface area contributed by atoms with Gasteiger partial charge in [0.2, 0.25) is 0 Å². The van der Waals surface area contributed by atoms with Crippen molar-refractivity contribution < 1.29 is 13.9 Å². The fraction of sp³-hybridized carbons (Fsp3) is 0.333. The van der Waals surface area contributed by atoms with Crippen LogP contribution in [0, 0.1) is 17.1 Å². The zero-order valence-electron chi connectivity index (χ0n) is 15.8. The summed E-state index contributed by atoms with van der Waals surface area (Å²) in [6, 6.07) is 14.2. The highest BCUT2D eigenvalue weighted by Crippen LogP contribution is 2.25. The molecular formula is C21H23FN4O2. The molecule has 0 aliphatic carbocycles. The quantitative estimate of drug-likeness (QED) is 0.856. The minimum absolute atomic E-state index is 0.261. The number of hydrogen-bond acceptors (Lipinski definition) is 5. The number of benzene rings is 2. The number of nitrogens with one attached hydrogen (secondary N) is 1. The lowest BCUT2D eigenvalue weighted by atomic mass is 10.1. The maximum absolute atomic E-state index is 13.0. The SMILES string of the molecule is CCOC(=O)N1CCN(c2ccc(NCc3ccc(F)cc3)cc2C#N)CC1. The Bertz CT molecular complexity index is 856. The Balaban J connectivity index is 1.63. The fourth-order valence-electron chi connectivity index (χ4n) is 3.16. The minimum Gasteiger partial charge on any atom is -0.450 e. The van der Waals surface area contributed by atoms with Gasteiger partial charge in [-0.15, -0.1) is 0 Å². The van der Waals surface area contributed by atoms with Gasteiger partial charge in [-0.25, -0.2) is 9.18 Å². The Morgan fingerprint density at radius 2 is 1.89 bits per heavy atom. The molecule has 0 radical (unpaired) electrons. The van der Waals surface area contributed by atoms with E-state index in [1.165, 1.54) is 12.1 Å². The fourth-order valence-corrected chi connectivity index (χ4v) is 3.16. The molecule has 0 spiro atoms. The third-order valence-electron chi connectivity index (χ3n) is 4.67. The highest BCUT2D eigenvalue weighted by Gasteiger charge is 2.23. The number of anilines is 2. The maximum atomic E-state index is 13.0. The van der Waals surface area contributed by atoms with Gasteiger partial charge in [0, 0.05) is 38.4 Å². The molecule has 0 saturated carbocycles. The zero-order chi connectivity index (χ0) is 19.9. The molecule has 7 heteroatoms. The first-order chi connectivity index (χ1) is 13.6. The van der Waals surface area contributed by atoms with E-state index in [9.17, 15) is 14.4 Å². The van der Waals surface area contributed by atoms with E-state index in [2.05, 4.69) is 16.3 Å². The number of nitriles is 1. The number of rotatable bonds is 5. The van der Waals surface area contributed by atoms with Gasteiger partial charge in [-0.05, 0) is 42.8 Å². The van der Waals surface area contributed by atoms with Crippen molar-refractivity contribution in [1.29, 1.82) is 5.26 Å². The third-order valence-corrected chi connectivity index (χ3v) is 4.67. The molecule has 2 aromatic rings. The van der Waals surface area contributed by atoms with Gasteiger partial charge in [0.25, 0.3) is 0 Å². The van der Waals surface area contributed by atoms with Crippen LogP contribution in [0.2, 0.25) is 0 Å². The zero-order valence-corrected chi connectivity index (χ0v) is 15.8. The number of piperazine rings is 1. The van der Waals surface area contributed by atoms with Crippen molar-refractivity contribution in [2.75, 3.05) is 43.0 Å². The van der Waals surface area contributed by atoms with Crippen molar-refractivity contribution >= 4 is 17.5 Å². The van der Waals surface area contributed by atoms with Crippen LogP contribution in [0.1, 0.15) is 18.1 Å². The first kappa shape index (κ1) is 19.5. The summed E-state index contributed by atoms with van der Waals surface area (Å²) in [6.45, 7) is 5.12. The number of hydrogen-bond donors (Lipinski definition) is 1. The first-order valence-corrected chi connectivity index (χ1v) is 9.30. The summed E-state index contributed by atoms with van der Waals surface area (Å²) in [4.78, 5) is 15.6. The van der Waals surface area contributed by atoms with Crippen LogP contribution in [0.15, 0.2) is 42.5 Å². The predicted molar refractivity (Wildman–Crippen MR) is 106 cm³/mol. The van der Waals surface area contributed by atoms with Gasteiger partial charge < -0.3 is 19.9 Å². The third kappa shape index (κ3) is 4.71. The van der Waals surface area contributed by atoms with E-state index in [4.69, 9.17) is 4.74 Å². The molecule has 1 amide bonds. The van der Waals surface area contributed by atoms with Crippen molar-refractivity contribution in [2.24, 2.45) is 0 Å². The average Bonchev–Trinajstić information content (AvgIpc) is 2.73. The predicted octanol–water partition coefficient (Wildman–Crippen LogP) is 3.59.